The molecule has 8 heteroatoms. The SMILES string of the molecule is COc1cc(C(=O)NCc2ccc(-c3csc(C)n3)o2)cc(OC)c1Br. The largest absolute Gasteiger partial charge is 0.495 e. The number of hydrogen-bond acceptors (Lipinski definition) is 6. The molecular formula is C18H17BrN2O4S. The molecule has 0 aliphatic rings. The van der Waals surface area contributed by atoms with E-state index in [1.54, 1.807) is 23.5 Å². The number of nitrogens with zero attached hydrogens (tertiary/aromatic N) is 1. The smallest absolute Gasteiger partial charge is 0.251 e. The van der Waals surface area contributed by atoms with E-state index in [0.29, 0.717) is 33.1 Å². The monoisotopic (exact) mass is 436 g/mol. The second-order valence-electron chi connectivity index (χ2n) is 5.40. The Morgan fingerprint density at radius 2 is 1.96 bits per heavy atom. The van der Waals surface area contributed by atoms with Gasteiger partial charge in [0, 0.05) is 10.9 Å². The minimum atomic E-state index is -0.253. The summed E-state index contributed by atoms with van der Waals surface area (Å²) < 4.78 is 16.9. The van der Waals surface area contributed by atoms with Crippen LogP contribution in [-0.2, 0) is 6.54 Å². The van der Waals surface area contributed by atoms with Gasteiger partial charge in [-0.3, -0.25) is 4.79 Å². The second kappa shape index (κ2) is 7.92. The summed E-state index contributed by atoms with van der Waals surface area (Å²) in [4.78, 5) is 16.8. The van der Waals surface area contributed by atoms with Gasteiger partial charge >= 0.3 is 0 Å². The molecule has 6 nitrogen and oxygen atoms in total. The molecule has 2 heterocycles. The van der Waals surface area contributed by atoms with Crippen molar-refractivity contribution in [1.29, 1.82) is 0 Å². The molecule has 0 aliphatic carbocycles. The van der Waals surface area contributed by atoms with Crippen LogP contribution in [0.3, 0.4) is 0 Å². The summed E-state index contributed by atoms with van der Waals surface area (Å²) >= 11 is 4.95. The average Bonchev–Trinajstić information content (AvgIpc) is 3.28. The third-order valence-electron chi connectivity index (χ3n) is 3.66. The number of furan rings is 1. The van der Waals surface area contributed by atoms with Crippen LogP contribution in [0.5, 0.6) is 11.5 Å². The first-order chi connectivity index (χ1) is 12.5. The van der Waals surface area contributed by atoms with E-state index < -0.39 is 0 Å². The van der Waals surface area contributed by atoms with Gasteiger partial charge in [-0.05, 0) is 47.1 Å². The highest BCUT2D eigenvalue weighted by molar-refractivity contribution is 9.10. The summed E-state index contributed by atoms with van der Waals surface area (Å²) in [7, 11) is 3.07. The van der Waals surface area contributed by atoms with E-state index in [1.807, 2.05) is 24.4 Å². The number of aromatic nitrogens is 1. The van der Waals surface area contributed by atoms with Gasteiger partial charge < -0.3 is 19.2 Å². The highest BCUT2D eigenvalue weighted by Crippen LogP contribution is 2.35. The second-order valence-corrected chi connectivity index (χ2v) is 7.25. The summed E-state index contributed by atoms with van der Waals surface area (Å²) in [5.74, 6) is 2.12. The molecule has 1 aromatic carbocycles. The van der Waals surface area contributed by atoms with Crippen LogP contribution < -0.4 is 14.8 Å². The fourth-order valence-corrected chi connectivity index (χ4v) is 3.51. The zero-order valence-electron chi connectivity index (χ0n) is 14.5. The lowest BCUT2D eigenvalue weighted by molar-refractivity contribution is 0.0947. The van der Waals surface area contributed by atoms with Crippen molar-refractivity contribution in [3.63, 3.8) is 0 Å². The molecule has 0 saturated heterocycles. The maximum atomic E-state index is 12.5. The first-order valence-electron chi connectivity index (χ1n) is 7.72. The van der Waals surface area contributed by atoms with Crippen molar-refractivity contribution in [3.8, 4) is 23.0 Å². The number of carbonyl (C=O) groups is 1. The van der Waals surface area contributed by atoms with Crippen molar-refractivity contribution in [2.75, 3.05) is 14.2 Å². The minimum Gasteiger partial charge on any atom is -0.495 e. The highest BCUT2D eigenvalue weighted by atomic mass is 79.9. The van der Waals surface area contributed by atoms with E-state index in [9.17, 15) is 4.79 Å². The van der Waals surface area contributed by atoms with Crippen molar-refractivity contribution < 1.29 is 18.7 Å². The molecular weight excluding hydrogens is 420 g/mol. The number of halogens is 1. The quantitative estimate of drug-likeness (QED) is 0.618. The Morgan fingerprint density at radius 1 is 1.27 bits per heavy atom. The Balaban J connectivity index is 1.70. The zero-order chi connectivity index (χ0) is 18.7. The number of thiazole rings is 1. The Labute approximate surface area is 163 Å². The molecule has 0 saturated carbocycles. The molecule has 136 valence electrons. The van der Waals surface area contributed by atoms with Crippen molar-refractivity contribution in [2.24, 2.45) is 0 Å². The fourth-order valence-electron chi connectivity index (χ4n) is 2.36. The van der Waals surface area contributed by atoms with Gasteiger partial charge in [0.15, 0.2) is 5.76 Å². The van der Waals surface area contributed by atoms with Crippen LogP contribution in [0, 0.1) is 6.92 Å². The number of nitrogens with one attached hydrogen (secondary N) is 1. The summed E-state index contributed by atoms with van der Waals surface area (Å²) in [5.41, 5.74) is 1.23. The lowest BCUT2D eigenvalue weighted by Crippen LogP contribution is -2.22. The number of methoxy groups -OCH3 is 2. The van der Waals surface area contributed by atoms with Gasteiger partial charge in [-0.1, -0.05) is 0 Å². The molecule has 0 radical (unpaired) electrons. The van der Waals surface area contributed by atoms with Crippen LogP contribution in [0.1, 0.15) is 21.1 Å². The molecule has 0 bridgehead atoms. The normalized spacial score (nSPS) is 10.6. The lowest BCUT2D eigenvalue weighted by atomic mass is 10.2. The van der Waals surface area contributed by atoms with Gasteiger partial charge in [-0.25, -0.2) is 4.98 Å². The Morgan fingerprint density at radius 3 is 2.54 bits per heavy atom. The number of ether oxygens (including phenoxy) is 2. The van der Waals surface area contributed by atoms with Crippen LogP contribution in [0.15, 0.2) is 38.5 Å². The van der Waals surface area contributed by atoms with E-state index in [-0.39, 0.29) is 12.5 Å². The maximum Gasteiger partial charge on any atom is 0.251 e. The van der Waals surface area contributed by atoms with Gasteiger partial charge in [0.1, 0.15) is 27.4 Å². The standard InChI is InChI=1S/C18H17BrN2O4S/c1-10-21-13(9-26-10)14-5-4-12(25-14)8-20-18(22)11-6-15(23-2)17(19)16(7-11)24-3/h4-7,9H,8H2,1-3H3,(H,20,22). The summed E-state index contributed by atoms with van der Waals surface area (Å²) in [6.07, 6.45) is 0. The third-order valence-corrected chi connectivity index (χ3v) is 5.22. The Kier molecular flexibility index (Phi) is 5.63. The van der Waals surface area contributed by atoms with Crippen LogP contribution in [0.2, 0.25) is 0 Å². The van der Waals surface area contributed by atoms with Crippen molar-refractivity contribution in [2.45, 2.75) is 13.5 Å². The number of rotatable bonds is 6. The Hall–Kier alpha value is -2.32. The molecule has 26 heavy (non-hydrogen) atoms. The van der Waals surface area contributed by atoms with Crippen molar-refractivity contribution in [1.82, 2.24) is 10.3 Å². The minimum absolute atomic E-state index is 0.253. The molecule has 1 amide bonds. The van der Waals surface area contributed by atoms with Crippen LogP contribution in [0.25, 0.3) is 11.5 Å². The molecule has 3 aromatic rings. The van der Waals surface area contributed by atoms with Crippen LogP contribution >= 0.6 is 27.3 Å². The summed E-state index contributed by atoms with van der Waals surface area (Å²) in [6.45, 7) is 2.21. The van der Waals surface area contributed by atoms with Crippen molar-refractivity contribution >= 4 is 33.2 Å². The van der Waals surface area contributed by atoms with Crippen LogP contribution in [0.4, 0.5) is 0 Å². The number of benzene rings is 1. The third kappa shape index (κ3) is 3.91. The maximum absolute atomic E-state index is 12.5. The van der Waals surface area contributed by atoms with Gasteiger partial charge in [-0.2, -0.15) is 0 Å². The molecule has 1 N–H and O–H groups in total. The molecule has 0 atom stereocenters. The van der Waals surface area contributed by atoms with Crippen LogP contribution in [-0.4, -0.2) is 25.1 Å². The van der Waals surface area contributed by atoms with Crippen molar-refractivity contribution in [3.05, 3.63) is 50.4 Å². The topological polar surface area (TPSA) is 73.6 Å². The molecule has 0 spiro atoms. The van der Waals surface area contributed by atoms with Gasteiger partial charge in [0.2, 0.25) is 0 Å². The molecule has 3 rings (SSSR count). The predicted molar refractivity (Wildman–Crippen MR) is 103 cm³/mol. The molecule has 0 unspecified atom stereocenters. The van der Waals surface area contributed by atoms with E-state index in [2.05, 4.69) is 26.2 Å². The number of carbonyl (C=O) groups excluding carboxylic acids is 1. The number of aryl methyl sites for hydroxylation is 1. The lowest BCUT2D eigenvalue weighted by Gasteiger charge is -2.11. The zero-order valence-corrected chi connectivity index (χ0v) is 16.9. The van der Waals surface area contributed by atoms with E-state index >= 15 is 0 Å². The van der Waals surface area contributed by atoms with Gasteiger partial charge in [0.25, 0.3) is 5.91 Å². The number of hydrogen-bond donors (Lipinski definition) is 1. The number of amides is 1. The summed E-state index contributed by atoms with van der Waals surface area (Å²) in [6, 6.07) is 6.97. The molecule has 0 fully saturated rings. The first kappa shape index (κ1) is 18.5. The average molecular weight is 437 g/mol. The highest BCUT2D eigenvalue weighted by Gasteiger charge is 2.15. The van der Waals surface area contributed by atoms with E-state index in [0.717, 1.165) is 10.7 Å². The molecule has 0 aliphatic heterocycles. The van der Waals surface area contributed by atoms with Gasteiger partial charge in [0.05, 0.1) is 25.8 Å². The van der Waals surface area contributed by atoms with Gasteiger partial charge in [-0.15, -0.1) is 11.3 Å². The fraction of sp³-hybridized carbons (Fsp3) is 0.222. The predicted octanol–water partition coefficient (Wildman–Crippen LogP) is 4.42. The Bertz CT molecular complexity index is 910. The van der Waals surface area contributed by atoms with E-state index in [4.69, 9.17) is 13.9 Å². The first-order valence-corrected chi connectivity index (χ1v) is 9.40. The molecule has 2 aromatic heterocycles. The summed E-state index contributed by atoms with van der Waals surface area (Å²) in [5, 5.41) is 5.75. The van der Waals surface area contributed by atoms with E-state index in [1.165, 1.54) is 14.2 Å².